The second kappa shape index (κ2) is 8.71. The van der Waals surface area contributed by atoms with Crippen molar-refractivity contribution in [2.75, 3.05) is 26.2 Å². The molecule has 166 valence electrons. The summed E-state index contributed by atoms with van der Waals surface area (Å²) in [5.41, 5.74) is 0.636. The molecule has 8 heteroatoms. The van der Waals surface area contributed by atoms with Gasteiger partial charge in [0.05, 0.1) is 5.56 Å². The van der Waals surface area contributed by atoms with Gasteiger partial charge in [-0.3, -0.25) is 4.90 Å². The predicted octanol–water partition coefficient (Wildman–Crippen LogP) is 5.17. The Labute approximate surface area is 185 Å². The summed E-state index contributed by atoms with van der Waals surface area (Å²) in [5.74, 6) is 0. The van der Waals surface area contributed by atoms with Crippen LogP contribution in [0.2, 0.25) is 5.02 Å². The highest BCUT2D eigenvalue weighted by molar-refractivity contribution is 6.30. The minimum atomic E-state index is -4.51. The zero-order valence-electron chi connectivity index (χ0n) is 17.1. The van der Waals surface area contributed by atoms with Gasteiger partial charge in [0.2, 0.25) is 0 Å². The average Bonchev–Trinajstić information content (AvgIpc) is 2.72. The Balaban J connectivity index is 1.25. The topological polar surface area (TPSA) is 35.6 Å². The number of carbonyl (C=O) groups excluding carboxylic acids is 1. The third-order valence-electron chi connectivity index (χ3n) is 6.31. The van der Waals surface area contributed by atoms with Crippen LogP contribution in [0.1, 0.15) is 29.5 Å². The number of carbonyl (C=O) groups is 1. The number of halogens is 4. The van der Waals surface area contributed by atoms with Gasteiger partial charge in [-0.25, -0.2) is 4.79 Å². The minimum absolute atomic E-state index is 0.00899. The Hall–Kier alpha value is -2.25. The van der Waals surface area contributed by atoms with Crippen molar-refractivity contribution >= 4 is 17.6 Å². The lowest BCUT2D eigenvalue weighted by Gasteiger charge is -2.53. The van der Waals surface area contributed by atoms with Crippen LogP contribution in [0, 0.1) is 5.41 Å². The van der Waals surface area contributed by atoms with E-state index in [1.807, 2.05) is 18.2 Å². The smallest absolute Gasteiger partial charge is 0.334 e. The van der Waals surface area contributed by atoms with Crippen LogP contribution in [-0.2, 0) is 19.3 Å². The third-order valence-corrected chi connectivity index (χ3v) is 6.55. The molecule has 1 spiro atoms. The average molecular weight is 452 g/mol. The number of rotatable bonds is 4. The molecule has 0 aromatic heterocycles. The molecule has 4 nitrogen and oxygen atoms in total. The van der Waals surface area contributed by atoms with E-state index in [2.05, 4.69) is 22.3 Å². The Morgan fingerprint density at radius 1 is 1.06 bits per heavy atom. The van der Waals surface area contributed by atoms with Crippen molar-refractivity contribution in [1.82, 2.24) is 15.1 Å². The number of urea groups is 1. The molecular weight excluding hydrogens is 427 g/mol. The largest absolute Gasteiger partial charge is 0.416 e. The number of nitrogens with zero attached hydrogens (tertiary/aromatic N) is 2. The Morgan fingerprint density at radius 2 is 1.74 bits per heavy atom. The fourth-order valence-corrected chi connectivity index (χ4v) is 4.67. The normalized spacial score (nSPS) is 18.6. The van der Waals surface area contributed by atoms with Crippen molar-refractivity contribution in [3.63, 3.8) is 0 Å². The van der Waals surface area contributed by atoms with Gasteiger partial charge in [0.15, 0.2) is 0 Å². The maximum absolute atomic E-state index is 13.2. The van der Waals surface area contributed by atoms with Crippen molar-refractivity contribution in [3.05, 3.63) is 70.2 Å². The molecule has 0 aliphatic carbocycles. The van der Waals surface area contributed by atoms with Gasteiger partial charge in [-0.15, -0.1) is 0 Å². The van der Waals surface area contributed by atoms with Gasteiger partial charge >= 0.3 is 12.2 Å². The zero-order valence-corrected chi connectivity index (χ0v) is 17.8. The zero-order chi connectivity index (χ0) is 22.1. The summed E-state index contributed by atoms with van der Waals surface area (Å²) in [5, 5.41) is 2.65. The number of likely N-dealkylation sites (tertiary alicyclic amines) is 2. The van der Waals surface area contributed by atoms with Crippen LogP contribution < -0.4 is 5.32 Å². The van der Waals surface area contributed by atoms with Gasteiger partial charge in [-0.05, 0) is 49.2 Å². The lowest BCUT2D eigenvalue weighted by molar-refractivity contribution is -0.138. The summed E-state index contributed by atoms with van der Waals surface area (Å²) in [6.07, 6.45) is -2.46. The van der Waals surface area contributed by atoms with Crippen molar-refractivity contribution in [1.29, 1.82) is 0 Å². The molecule has 0 radical (unpaired) electrons. The molecule has 2 aromatic carbocycles. The lowest BCUT2D eigenvalue weighted by atomic mass is 9.72. The fraction of sp³-hybridized carbons (Fsp3) is 0.435. The van der Waals surface area contributed by atoms with Crippen molar-refractivity contribution in [2.45, 2.75) is 32.1 Å². The summed E-state index contributed by atoms with van der Waals surface area (Å²) in [6.45, 7) is 4.05. The third kappa shape index (κ3) is 5.15. The number of hydrogen-bond donors (Lipinski definition) is 1. The maximum Gasteiger partial charge on any atom is 0.416 e. The lowest BCUT2D eigenvalue weighted by Crippen LogP contribution is -2.63. The van der Waals surface area contributed by atoms with E-state index in [-0.39, 0.29) is 28.6 Å². The Bertz CT molecular complexity index is 919. The van der Waals surface area contributed by atoms with E-state index in [0.717, 1.165) is 38.5 Å². The number of hydrogen-bond acceptors (Lipinski definition) is 2. The van der Waals surface area contributed by atoms with Crippen LogP contribution in [0.3, 0.4) is 0 Å². The van der Waals surface area contributed by atoms with Crippen molar-refractivity contribution < 1.29 is 18.0 Å². The molecule has 4 rings (SSSR count). The number of piperidine rings is 1. The standard InChI is InChI=1S/C23H25ClF3N3O/c24-19-7-6-18(20(12-19)23(25,26)27)13-28-21(31)30-15-22(16-30)8-10-29(11-9-22)14-17-4-2-1-3-5-17/h1-7,12H,8-11,13-16H2,(H,28,31). The minimum Gasteiger partial charge on any atom is -0.334 e. The van der Waals surface area contributed by atoms with Crippen LogP contribution in [0.15, 0.2) is 48.5 Å². The molecule has 0 saturated carbocycles. The molecule has 0 bridgehead atoms. The number of alkyl halides is 3. The van der Waals surface area contributed by atoms with Gasteiger partial charge < -0.3 is 10.2 Å². The van der Waals surface area contributed by atoms with Gasteiger partial charge in [-0.1, -0.05) is 48.0 Å². The summed E-state index contributed by atoms with van der Waals surface area (Å²) >= 11 is 5.71. The second-order valence-electron chi connectivity index (χ2n) is 8.58. The first-order valence-electron chi connectivity index (χ1n) is 10.4. The molecule has 2 aliphatic heterocycles. The molecular formula is C23H25ClF3N3O. The van der Waals surface area contributed by atoms with E-state index < -0.39 is 11.7 Å². The monoisotopic (exact) mass is 451 g/mol. The van der Waals surface area contributed by atoms with Crippen molar-refractivity contribution in [3.8, 4) is 0 Å². The summed E-state index contributed by atoms with van der Waals surface area (Å²) in [7, 11) is 0. The summed E-state index contributed by atoms with van der Waals surface area (Å²) < 4.78 is 39.6. The highest BCUT2D eigenvalue weighted by atomic mass is 35.5. The van der Waals surface area contributed by atoms with E-state index in [1.54, 1.807) is 4.90 Å². The fourth-order valence-electron chi connectivity index (χ4n) is 4.50. The number of amides is 2. The quantitative estimate of drug-likeness (QED) is 0.696. The first-order chi connectivity index (χ1) is 14.7. The van der Waals surface area contributed by atoms with E-state index in [4.69, 9.17) is 11.6 Å². The summed E-state index contributed by atoms with van der Waals surface area (Å²) in [4.78, 5) is 16.6. The number of benzene rings is 2. The van der Waals surface area contributed by atoms with Crippen LogP contribution in [0.25, 0.3) is 0 Å². The van der Waals surface area contributed by atoms with E-state index in [0.29, 0.717) is 13.1 Å². The van der Waals surface area contributed by atoms with E-state index >= 15 is 0 Å². The van der Waals surface area contributed by atoms with E-state index in [1.165, 1.54) is 17.7 Å². The molecule has 2 heterocycles. The maximum atomic E-state index is 13.2. The highest BCUT2D eigenvalue weighted by Gasteiger charge is 2.46. The van der Waals surface area contributed by atoms with Gasteiger partial charge in [0.1, 0.15) is 0 Å². The summed E-state index contributed by atoms with van der Waals surface area (Å²) in [6, 6.07) is 13.7. The molecule has 2 aromatic rings. The predicted molar refractivity (Wildman–Crippen MR) is 114 cm³/mol. The first-order valence-corrected chi connectivity index (χ1v) is 10.8. The van der Waals surface area contributed by atoms with Crippen LogP contribution in [0.4, 0.5) is 18.0 Å². The molecule has 1 N–H and O–H groups in total. The van der Waals surface area contributed by atoms with Crippen molar-refractivity contribution in [2.24, 2.45) is 5.41 Å². The Morgan fingerprint density at radius 3 is 2.39 bits per heavy atom. The van der Waals surface area contributed by atoms with Gasteiger partial charge in [-0.2, -0.15) is 13.2 Å². The van der Waals surface area contributed by atoms with Gasteiger partial charge in [0, 0.05) is 36.6 Å². The molecule has 0 unspecified atom stereocenters. The van der Waals surface area contributed by atoms with Crippen LogP contribution in [-0.4, -0.2) is 42.0 Å². The molecule has 31 heavy (non-hydrogen) atoms. The highest BCUT2D eigenvalue weighted by Crippen LogP contribution is 2.40. The Kier molecular flexibility index (Phi) is 6.17. The molecule has 2 aliphatic rings. The second-order valence-corrected chi connectivity index (χ2v) is 9.01. The van der Waals surface area contributed by atoms with E-state index in [9.17, 15) is 18.0 Å². The molecule has 0 atom stereocenters. The van der Waals surface area contributed by atoms with Crippen LogP contribution >= 0.6 is 11.6 Å². The molecule has 2 saturated heterocycles. The number of nitrogens with one attached hydrogen (secondary N) is 1. The van der Waals surface area contributed by atoms with Crippen LogP contribution in [0.5, 0.6) is 0 Å². The van der Waals surface area contributed by atoms with Gasteiger partial charge in [0.25, 0.3) is 0 Å². The first kappa shape index (κ1) is 22.0. The SMILES string of the molecule is O=C(NCc1ccc(Cl)cc1C(F)(F)F)N1CC2(CCN(Cc3ccccc3)CC2)C1. The molecule has 2 fully saturated rings. The molecule has 2 amide bonds.